The summed E-state index contributed by atoms with van der Waals surface area (Å²) in [5.74, 6) is 2.60. The lowest BCUT2D eigenvalue weighted by molar-refractivity contribution is 0.155. The van der Waals surface area contributed by atoms with Gasteiger partial charge >= 0.3 is 6.03 Å². The third-order valence-corrected chi connectivity index (χ3v) is 4.81. The summed E-state index contributed by atoms with van der Waals surface area (Å²) in [6.45, 7) is 2.15. The van der Waals surface area contributed by atoms with E-state index in [0.29, 0.717) is 18.4 Å². The Balaban J connectivity index is 1.42. The quantitative estimate of drug-likeness (QED) is 0.887. The largest absolute Gasteiger partial charge is 0.497 e. The molecule has 1 aromatic rings. The third kappa shape index (κ3) is 2.37. The van der Waals surface area contributed by atoms with Gasteiger partial charge in [-0.15, -0.1) is 0 Å². The molecule has 22 heavy (non-hydrogen) atoms. The van der Waals surface area contributed by atoms with E-state index >= 15 is 0 Å². The third-order valence-electron chi connectivity index (χ3n) is 4.81. The van der Waals surface area contributed by atoms with Crippen LogP contribution in [0.1, 0.15) is 18.0 Å². The molecule has 4 atom stereocenters. The maximum absolute atomic E-state index is 12.2. The number of hydrogen-bond donors (Lipinski definition) is 2. The Bertz CT molecular complexity index is 582. The molecule has 0 aromatic heterocycles. The van der Waals surface area contributed by atoms with Crippen molar-refractivity contribution in [3.8, 4) is 11.5 Å². The number of ether oxygens (including phenoxy) is 3. The van der Waals surface area contributed by atoms with Gasteiger partial charge in [-0.25, -0.2) is 4.79 Å². The van der Waals surface area contributed by atoms with Gasteiger partial charge in [0.15, 0.2) is 0 Å². The zero-order valence-corrected chi connectivity index (χ0v) is 12.5. The van der Waals surface area contributed by atoms with E-state index in [2.05, 4.69) is 10.6 Å². The van der Waals surface area contributed by atoms with Crippen LogP contribution in [0.15, 0.2) is 18.2 Å². The second-order valence-electron chi connectivity index (χ2n) is 6.10. The Morgan fingerprint density at radius 2 is 2.09 bits per heavy atom. The molecule has 1 aromatic carbocycles. The van der Waals surface area contributed by atoms with Gasteiger partial charge in [-0.1, -0.05) is 0 Å². The van der Waals surface area contributed by atoms with Crippen LogP contribution in [0.5, 0.6) is 11.5 Å². The van der Waals surface area contributed by atoms with Crippen molar-refractivity contribution in [2.75, 3.05) is 26.9 Å². The van der Waals surface area contributed by atoms with Crippen LogP contribution >= 0.6 is 0 Å². The van der Waals surface area contributed by atoms with E-state index in [9.17, 15) is 4.79 Å². The van der Waals surface area contributed by atoms with Gasteiger partial charge in [-0.3, -0.25) is 0 Å². The highest BCUT2D eigenvalue weighted by Crippen LogP contribution is 2.44. The van der Waals surface area contributed by atoms with Gasteiger partial charge in [0.05, 0.1) is 33.0 Å². The monoisotopic (exact) mass is 304 g/mol. The topological polar surface area (TPSA) is 68.8 Å². The van der Waals surface area contributed by atoms with E-state index in [0.717, 1.165) is 36.7 Å². The summed E-state index contributed by atoms with van der Waals surface area (Å²) in [6, 6.07) is 5.81. The van der Waals surface area contributed by atoms with Crippen molar-refractivity contribution < 1.29 is 19.0 Å². The predicted octanol–water partition coefficient (Wildman–Crippen LogP) is 1.46. The van der Waals surface area contributed by atoms with E-state index in [-0.39, 0.29) is 18.1 Å². The van der Waals surface area contributed by atoms with Gasteiger partial charge in [-0.2, -0.15) is 0 Å². The molecule has 1 aliphatic carbocycles. The standard InChI is InChI=1S/C16H20N2O4/c1-20-9-2-3-14-10(6-9)13(4-5-22-14)17-16(19)18-15-11-7-21-8-12(11)15/h2-3,6,11-13,15H,4-5,7-8H2,1H3,(H2,17,18,19)/t11-,12+,13-,15?/m0/s1. The average Bonchev–Trinajstić information content (AvgIpc) is 2.97. The Kier molecular flexibility index (Phi) is 3.33. The van der Waals surface area contributed by atoms with Gasteiger partial charge in [0.25, 0.3) is 0 Å². The first-order valence-corrected chi connectivity index (χ1v) is 7.72. The highest BCUT2D eigenvalue weighted by atomic mass is 16.5. The van der Waals surface area contributed by atoms with Gasteiger partial charge in [-0.05, 0) is 18.2 Å². The van der Waals surface area contributed by atoms with E-state index in [1.807, 2.05) is 18.2 Å². The Morgan fingerprint density at radius 1 is 1.27 bits per heavy atom. The number of methoxy groups -OCH3 is 1. The maximum atomic E-state index is 12.2. The van der Waals surface area contributed by atoms with Crippen molar-refractivity contribution in [3.63, 3.8) is 0 Å². The smallest absolute Gasteiger partial charge is 0.315 e. The average molecular weight is 304 g/mol. The normalized spacial score (nSPS) is 31.5. The van der Waals surface area contributed by atoms with E-state index in [4.69, 9.17) is 14.2 Å². The van der Waals surface area contributed by atoms with Crippen molar-refractivity contribution in [1.82, 2.24) is 10.6 Å². The molecule has 0 radical (unpaired) electrons. The Labute approximate surface area is 129 Å². The van der Waals surface area contributed by atoms with E-state index in [1.54, 1.807) is 7.11 Å². The van der Waals surface area contributed by atoms with Gasteiger partial charge < -0.3 is 24.8 Å². The summed E-state index contributed by atoms with van der Waals surface area (Å²) in [6.07, 6.45) is 0.758. The molecule has 1 unspecified atom stereocenters. The molecule has 2 heterocycles. The number of fused-ring (bicyclic) bond motifs is 2. The molecule has 2 amide bonds. The minimum atomic E-state index is -0.111. The van der Waals surface area contributed by atoms with Gasteiger partial charge in [0.1, 0.15) is 11.5 Å². The van der Waals surface area contributed by atoms with Crippen LogP contribution in [0.25, 0.3) is 0 Å². The zero-order valence-electron chi connectivity index (χ0n) is 12.5. The predicted molar refractivity (Wildman–Crippen MR) is 79.1 cm³/mol. The first kappa shape index (κ1) is 13.7. The fourth-order valence-electron chi connectivity index (χ4n) is 3.45. The number of carbonyl (C=O) groups excluding carboxylic acids is 1. The number of rotatable bonds is 3. The van der Waals surface area contributed by atoms with Crippen molar-refractivity contribution in [3.05, 3.63) is 23.8 Å². The molecule has 2 N–H and O–H groups in total. The van der Waals surface area contributed by atoms with Crippen molar-refractivity contribution in [1.29, 1.82) is 0 Å². The molecule has 6 nitrogen and oxygen atoms in total. The second kappa shape index (κ2) is 5.35. The molecule has 4 rings (SSSR count). The summed E-state index contributed by atoms with van der Waals surface area (Å²) < 4.78 is 16.2. The molecule has 3 aliphatic rings. The molecule has 0 bridgehead atoms. The summed E-state index contributed by atoms with van der Waals surface area (Å²) >= 11 is 0. The number of benzene rings is 1. The van der Waals surface area contributed by atoms with Gasteiger partial charge in [0.2, 0.25) is 0 Å². The lowest BCUT2D eigenvalue weighted by atomic mass is 10.0. The molecule has 1 saturated carbocycles. The second-order valence-corrected chi connectivity index (χ2v) is 6.10. The number of amides is 2. The molecule has 118 valence electrons. The molecule has 2 aliphatic heterocycles. The zero-order chi connectivity index (χ0) is 15.1. The summed E-state index contributed by atoms with van der Waals surface area (Å²) in [4.78, 5) is 12.2. The van der Waals surface area contributed by atoms with Crippen molar-refractivity contribution in [2.24, 2.45) is 11.8 Å². The molecular weight excluding hydrogens is 284 g/mol. The molecule has 6 heteroatoms. The number of carbonyl (C=O) groups is 1. The van der Waals surface area contributed by atoms with E-state index in [1.165, 1.54) is 0 Å². The maximum Gasteiger partial charge on any atom is 0.315 e. The fraction of sp³-hybridized carbons (Fsp3) is 0.562. The van der Waals surface area contributed by atoms with Crippen LogP contribution in [0.4, 0.5) is 4.79 Å². The summed E-state index contributed by atoms with van der Waals surface area (Å²) in [5.41, 5.74) is 0.972. The van der Waals surface area contributed by atoms with Crippen LogP contribution in [0.3, 0.4) is 0 Å². The van der Waals surface area contributed by atoms with Crippen molar-refractivity contribution >= 4 is 6.03 Å². The molecule has 0 spiro atoms. The van der Waals surface area contributed by atoms with Crippen molar-refractivity contribution in [2.45, 2.75) is 18.5 Å². The number of urea groups is 1. The highest BCUT2D eigenvalue weighted by molar-refractivity contribution is 5.75. The summed E-state index contributed by atoms with van der Waals surface area (Å²) in [7, 11) is 1.63. The molecule has 1 saturated heterocycles. The lowest BCUT2D eigenvalue weighted by Gasteiger charge is -2.27. The fourth-order valence-corrected chi connectivity index (χ4v) is 3.45. The van der Waals surface area contributed by atoms with Crippen LogP contribution < -0.4 is 20.1 Å². The minimum absolute atomic E-state index is 0.0475. The molecule has 2 fully saturated rings. The van der Waals surface area contributed by atoms with Crippen LogP contribution in [-0.4, -0.2) is 39.0 Å². The molecular formula is C16H20N2O4. The number of hydrogen-bond acceptors (Lipinski definition) is 4. The van der Waals surface area contributed by atoms with Gasteiger partial charge in [0, 0.05) is 29.9 Å². The van der Waals surface area contributed by atoms with Crippen LogP contribution in [-0.2, 0) is 4.74 Å². The number of nitrogens with one attached hydrogen (secondary N) is 2. The van der Waals surface area contributed by atoms with Crippen LogP contribution in [0.2, 0.25) is 0 Å². The Morgan fingerprint density at radius 3 is 2.86 bits per heavy atom. The van der Waals surface area contributed by atoms with E-state index < -0.39 is 0 Å². The first-order chi connectivity index (χ1) is 10.8. The lowest BCUT2D eigenvalue weighted by Crippen LogP contribution is -2.42. The minimum Gasteiger partial charge on any atom is -0.497 e. The Hall–Kier alpha value is -1.95. The van der Waals surface area contributed by atoms with Crippen LogP contribution in [0, 0.1) is 11.8 Å². The summed E-state index contributed by atoms with van der Waals surface area (Å²) in [5, 5.41) is 6.12. The SMILES string of the molecule is COc1ccc2c(c1)[C@@H](NC(=O)NC1[C@H]3COC[C@@H]13)CCO2. The first-order valence-electron chi connectivity index (χ1n) is 7.72. The highest BCUT2D eigenvalue weighted by Gasteiger charge is 2.54.